The average molecular weight is 363 g/mol. The lowest BCUT2D eigenvalue weighted by Crippen LogP contribution is -2.36. The number of aryl methyl sites for hydroxylation is 1. The maximum atomic E-state index is 12.6. The Bertz CT molecular complexity index is 823. The number of aromatic amines is 1. The third kappa shape index (κ3) is 3.56. The summed E-state index contributed by atoms with van der Waals surface area (Å²) in [5.74, 6) is 0.369. The van der Waals surface area contributed by atoms with Gasteiger partial charge >= 0.3 is 0 Å². The number of aromatic nitrogens is 4. The van der Waals surface area contributed by atoms with E-state index in [1.54, 1.807) is 0 Å². The maximum Gasteiger partial charge on any atom is 0.280 e. The van der Waals surface area contributed by atoms with Crippen molar-refractivity contribution < 1.29 is 8.78 Å². The predicted molar refractivity (Wildman–Crippen MR) is 92.1 cm³/mol. The molecule has 0 unspecified atom stereocenters. The molecule has 0 atom stereocenters. The predicted octanol–water partition coefficient (Wildman–Crippen LogP) is 2.30. The topological polar surface area (TPSA) is 66.8 Å². The normalized spacial score (nSPS) is 18.6. The lowest BCUT2D eigenvalue weighted by molar-refractivity contribution is 0.144. The second-order valence-corrected chi connectivity index (χ2v) is 7.31. The standard InChI is InChI=1S/C18H23F2N5O/c19-18(20)15-8-17(26)25(11-21-15)9-12-4-6-24(7-5-12)10-16-13-2-1-3-14(13)22-23-16/h8,11-12,18H,1-7,9-10H2,(H,22,23). The van der Waals surface area contributed by atoms with Gasteiger partial charge in [-0.1, -0.05) is 0 Å². The van der Waals surface area contributed by atoms with Crippen LogP contribution in [0.3, 0.4) is 0 Å². The molecule has 1 N–H and O–H groups in total. The summed E-state index contributed by atoms with van der Waals surface area (Å²) in [6, 6.07) is 0.942. The zero-order valence-corrected chi connectivity index (χ0v) is 14.6. The van der Waals surface area contributed by atoms with Gasteiger partial charge in [0.1, 0.15) is 5.69 Å². The number of nitrogens with zero attached hydrogens (tertiary/aromatic N) is 4. The van der Waals surface area contributed by atoms with Crippen LogP contribution in [0.4, 0.5) is 8.78 Å². The average Bonchev–Trinajstić information content (AvgIpc) is 3.23. The van der Waals surface area contributed by atoms with Crippen LogP contribution in [-0.2, 0) is 25.9 Å². The van der Waals surface area contributed by atoms with E-state index in [1.165, 1.54) is 34.3 Å². The fourth-order valence-corrected chi connectivity index (χ4v) is 4.03. The molecule has 0 spiro atoms. The van der Waals surface area contributed by atoms with Gasteiger partial charge in [-0.3, -0.25) is 19.4 Å². The van der Waals surface area contributed by atoms with Gasteiger partial charge in [0.15, 0.2) is 0 Å². The first-order valence-electron chi connectivity index (χ1n) is 9.22. The molecule has 0 aromatic carbocycles. The van der Waals surface area contributed by atoms with Gasteiger partial charge in [0.2, 0.25) is 0 Å². The van der Waals surface area contributed by atoms with E-state index in [2.05, 4.69) is 20.1 Å². The largest absolute Gasteiger partial charge is 0.299 e. The van der Waals surface area contributed by atoms with Crippen molar-refractivity contribution in [1.82, 2.24) is 24.6 Å². The van der Waals surface area contributed by atoms with E-state index < -0.39 is 17.7 Å². The van der Waals surface area contributed by atoms with Crippen molar-refractivity contribution >= 4 is 0 Å². The van der Waals surface area contributed by atoms with Crippen LogP contribution in [0.2, 0.25) is 0 Å². The first kappa shape index (κ1) is 17.3. The summed E-state index contributed by atoms with van der Waals surface area (Å²) in [4.78, 5) is 18.1. The Morgan fingerprint density at radius 2 is 2.08 bits per heavy atom. The molecule has 6 nitrogen and oxygen atoms in total. The highest BCUT2D eigenvalue weighted by atomic mass is 19.3. The summed E-state index contributed by atoms with van der Waals surface area (Å²) in [5.41, 5.74) is 3.04. The van der Waals surface area contributed by atoms with Crippen LogP contribution in [-0.4, -0.2) is 37.7 Å². The molecule has 2 aromatic rings. The molecule has 26 heavy (non-hydrogen) atoms. The second-order valence-electron chi connectivity index (χ2n) is 7.31. The van der Waals surface area contributed by atoms with Crippen LogP contribution in [0, 0.1) is 5.92 Å². The highest BCUT2D eigenvalue weighted by Gasteiger charge is 2.24. The van der Waals surface area contributed by atoms with Crippen LogP contribution in [0.5, 0.6) is 0 Å². The van der Waals surface area contributed by atoms with Gasteiger partial charge in [0.05, 0.1) is 12.0 Å². The van der Waals surface area contributed by atoms with Gasteiger partial charge in [-0.2, -0.15) is 5.10 Å². The number of H-pyrrole nitrogens is 1. The van der Waals surface area contributed by atoms with Gasteiger partial charge < -0.3 is 0 Å². The quantitative estimate of drug-likeness (QED) is 0.885. The van der Waals surface area contributed by atoms with Crippen molar-refractivity contribution in [2.45, 2.75) is 51.6 Å². The summed E-state index contributed by atoms with van der Waals surface area (Å²) >= 11 is 0. The number of hydrogen-bond donors (Lipinski definition) is 1. The van der Waals surface area contributed by atoms with E-state index in [4.69, 9.17) is 0 Å². The number of likely N-dealkylation sites (tertiary alicyclic amines) is 1. The number of halogens is 2. The van der Waals surface area contributed by atoms with E-state index in [9.17, 15) is 13.6 Å². The number of hydrogen-bond acceptors (Lipinski definition) is 4. The Morgan fingerprint density at radius 1 is 1.27 bits per heavy atom. The number of nitrogens with one attached hydrogen (secondary N) is 1. The Hall–Kier alpha value is -2.09. The van der Waals surface area contributed by atoms with Crippen molar-refractivity contribution in [2.24, 2.45) is 5.92 Å². The lowest BCUT2D eigenvalue weighted by Gasteiger charge is -2.31. The third-order valence-corrected chi connectivity index (χ3v) is 5.55. The number of alkyl halides is 2. The zero-order chi connectivity index (χ0) is 18.1. The van der Waals surface area contributed by atoms with Crippen molar-refractivity contribution in [3.05, 3.63) is 45.4 Å². The lowest BCUT2D eigenvalue weighted by atomic mass is 9.96. The molecule has 140 valence electrons. The van der Waals surface area contributed by atoms with E-state index in [0.717, 1.165) is 51.4 Å². The van der Waals surface area contributed by atoms with Crippen molar-refractivity contribution in [3.8, 4) is 0 Å². The van der Waals surface area contributed by atoms with Crippen LogP contribution in [0.15, 0.2) is 17.2 Å². The van der Waals surface area contributed by atoms with Crippen molar-refractivity contribution in [1.29, 1.82) is 0 Å². The number of rotatable bonds is 5. The summed E-state index contributed by atoms with van der Waals surface area (Å²) in [5, 5.41) is 7.63. The Morgan fingerprint density at radius 3 is 2.81 bits per heavy atom. The van der Waals surface area contributed by atoms with Gasteiger partial charge in [0.25, 0.3) is 12.0 Å². The fourth-order valence-electron chi connectivity index (χ4n) is 4.03. The molecule has 1 fully saturated rings. The minimum absolute atomic E-state index is 0.369. The van der Waals surface area contributed by atoms with E-state index >= 15 is 0 Å². The Balaban J connectivity index is 1.32. The molecule has 2 aliphatic rings. The molecule has 3 heterocycles. The SMILES string of the molecule is O=c1cc(C(F)F)ncn1CC1CCN(Cc2n[nH]c3c2CCC3)CC1. The molecule has 4 rings (SSSR count). The summed E-state index contributed by atoms with van der Waals surface area (Å²) in [7, 11) is 0. The van der Waals surface area contributed by atoms with Crippen LogP contribution in [0.25, 0.3) is 0 Å². The number of fused-ring (bicyclic) bond motifs is 1. The Labute approximate surface area is 150 Å². The molecule has 0 radical (unpaired) electrons. The summed E-state index contributed by atoms with van der Waals surface area (Å²) in [6.07, 6.45) is 3.96. The smallest absolute Gasteiger partial charge is 0.280 e. The van der Waals surface area contributed by atoms with E-state index in [-0.39, 0.29) is 0 Å². The fraction of sp³-hybridized carbons (Fsp3) is 0.611. The second kappa shape index (κ2) is 7.26. The monoisotopic (exact) mass is 363 g/mol. The van der Waals surface area contributed by atoms with Crippen LogP contribution in [0.1, 0.15) is 48.3 Å². The molecule has 0 saturated carbocycles. The van der Waals surface area contributed by atoms with Gasteiger partial charge in [-0.05, 0) is 56.7 Å². The maximum absolute atomic E-state index is 12.6. The molecule has 1 aliphatic heterocycles. The first-order valence-corrected chi connectivity index (χ1v) is 9.22. The Kier molecular flexibility index (Phi) is 4.84. The van der Waals surface area contributed by atoms with Gasteiger partial charge in [-0.25, -0.2) is 13.8 Å². The molecule has 1 aliphatic carbocycles. The highest BCUT2D eigenvalue weighted by Crippen LogP contribution is 2.26. The minimum Gasteiger partial charge on any atom is -0.299 e. The van der Waals surface area contributed by atoms with Gasteiger partial charge in [-0.15, -0.1) is 0 Å². The number of piperidine rings is 1. The molecule has 0 amide bonds. The van der Waals surface area contributed by atoms with E-state index in [0.29, 0.717) is 12.5 Å². The van der Waals surface area contributed by atoms with Crippen molar-refractivity contribution in [3.63, 3.8) is 0 Å². The van der Waals surface area contributed by atoms with Crippen LogP contribution >= 0.6 is 0 Å². The minimum atomic E-state index is -2.70. The third-order valence-electron chi connectivity index (χ3n) is 5.55. The van der Waals surface area contributed by atoms with E-state index in [1.807, 2.05) is 0 Å². The molecule has 0 bridgehead atoms. The molecular weight excluding hydrogens is 340 g/mol. The first-order chi connectivity index (χ1) is 12.6. The van der Waals surface area contributed by atoms with Crippen molar-refractivity contribution in [2.75, 3.05) is 13.1 Å². The highest BCUT2D eigenvalue weighted by molar-refractivity contribution is 5.29. The van der Waals surface area contributed by atoms with Crippen LogP contribution < -0.4 is 5.56 Å². The molecule has 8 heteroatoms. The zero-order valence-electron chi connectivity index (χ0n) is 14.6. The summed E-state index contributed by atoms with van der Waals surface area (Å²) < 4.78 is 26.6. The molecule has 1 saturated heterocycles. The molecule has 2 aromatic heterocycles. The molecular formula is C18H23F2N5O. The van der Waals surface area contributed by atoms with Gasteiger partial charge in [0, 0.05) is 24.8 Å². The summed E-state index contributed by atoms with van der Waals surface area (Å²) in [6.45, 7) is 3.34.